The topological polar surface area (TPSA) is 24.9 Å². The summed E-state index contributed by atoms with van der Waals surface area (Å²) in [7, 11) is 0. The second kappa shape index (κ2) is 5.62. The van der Waals surface area contributed by atoms with Crippen LogP contribution < -0.4 is 5.32 Å². The van der Waals surface area contributed by atoms with Crippen LogP contribution in [0.2, 0.25) is 5.02 Å². The van der Waals surface area contributed by atoms with Gasteiger partial charge in [-0.25, -0.2) is 0 Å². The Morgan fingerprint density at radius 1 is 1.16 bits per heavy atom. The molecule has 98 valence electrons. The smallest absolute Gasteiger partial charge is 0.0720 e. The van der Waals surface area contributed by atoms with Crippen molar-refractivity contribution in [1.29, 1.82) is 0 Å². The van der Waals surface area contributed by atoms with Crippen LogP contribution in [-0.4, -0.2) is 4.98 Å². The summed E-state index contributed by atoms with van der Waals surface area (Å²) >= 11 is 6.21. The Kier molecular flexibility index (Phi) is 3.69. The Hall–Kier alpha value is -1.54. The third-order valence-electron chi connectivity index (χ3n) is 3.72. The number of anilines is 1. The van der Waals surface area contributed by atoms with Gasteiger partial charge in [0.1, 0.15) is 0 Å². The molecule has 1 aromatic carbocycles. The van der Waals surface area contributed by atoms with Gasteiger partial charge in [0.2, 0.25) is 0 Å². The number of halogens is 1. The quantitative estimate of drug-likeness (QED) is 0.807. The molecule has 0 saturated heterocycles. The number of nitrogens with one attached hydrogen (secondary N) is 1. The molecular formula is C16H17ClN2. The normalized spacial score (nSPS) is 18.5. The molecule has 0 saturated carbocycles. The molecule has 1 aromatic heterocycles. The molecule has 0 amide bonds. The number of fused-ring (bicyclic) bond motifs is 1. The third-order valence-corrected chi connectivity index (χ3v) is 4.05. The van der Waals surface area contributed by atoms with Crippen LogP contribution in [0, 0.1) is 0 Å². The summed E-state index contributed by atoms with van der Waals surface area (Å²) in [5.74, 6) is 0. The number of rotatable bonds is 2. The first kappa shape index (κ1) is 12.5. The predicted octanol–water partition coefficient (Wildman–Crippen LogP) is 4.61. The molecule has 1 atom stereocenters. The minimum absolute atomic E-state index is 0.334. The predicted molar refractivity (Wildman–Crippen MR) is 79.6 cm³/mol. The standard InChI is InChI=1S/C16H17ClN2/c17-14-9-10-18-11-16(14)19-15-8-4-2-6-12-5-1-3-7-13(12)15/h1,3,5,7,9-11,15,19H,2,4,6,8H2. The van der Waals surface area contributed by atoms with Crippen LogP contribution in [0.1, 0.15) is 36.4 Å². The van der Waals surface area contributed by atoms with Crippen molar-refractivity contribution in [1.82, 2.24) is 4.98 Å². The fourth-order valence-corrected chi connectivity index (χ4v) is 2.90. The Morgan fingerprint density at radius 3 is 2.95 bits per heavy atom. The first-order valence-electron chi connectivity index (χ1n) is 6.78. The number of hydrogen-bond donors (Lipinski definition) is 1. The van der Waals surface area contributed by atoms with E-state index in [0.29, 0.717) is 6.04 Å². The molecule has 1 N–H and O–H groups in total. The van der Waals surface area contributed by atoms with Crippen LogP contribution in [0.3, 0.4) is 0 Å². The van der Waals surface area contributed by atoms with E-state index in [1.165, 1.54) is 30.4 Å². The second-order valence-electron chi connectivity index (χ2n) is 5.00. The van der Waals surface area contributed by atoms with Gasteiger partial charge in [-0.1, -0.05) is 42.3 Å². The zero-order chi connectivity index (χ0) is 13.1. The van der Waals surface area contributed by atoms with Gasteiger partial charge in [-0.05, 0) is 36.5 Å². The lowest BCUT2D eigenvalue weighted by molar-refractivity contribution is 0.644. The average molecular weight is 273 g/mol. The molecule has 0 fully saturated rings. The van der Waals surface area contributed by atoms with Crippen molar-refractivity contribution in [3.8, 4) is 0 Å². The maximum atomic E-state index is 6.21. The Labute approximate surface area is 118 Å². The van der Waals surface area contributed by atoms with Gasteiger partial charge in [0, 0.05) is 6.20 Å². The van der Waals surface area contributed by atoms with Gasteiger partial charge in [0.05, 0.1) is 22.9 Å². The van der Waals surface area contributed by atoms with Gasteiger partial charge in [-0.2, -0.15) is 0 Å². The van der Waals surface area contributed by atoms with E-state index in [0.717, 1.165) is 17.1 Å². The Balaban J connectivity index is 1.91. The zero-order valence-corrected chi connectivity index (χ0v) is 11.5. The molecule has 0 bridgehead atoms. The molecule has 0 radical (unpaired) electrons. The average Bonchev–Trinajstić information content (AvgIpc) is 2.64. The van der Waals surface area contributed by atoms with Crippen LogP contribution in [0.4, 0.5) is 5.69 Å². The van der Waals surface area contributed by atoms with Crippen molar-refractivity contribution in [3.05, 3.63) is 58.9 Å². The highest BCUT2D eigenvalue weighted by Gasteiger charge is 2.18. The molecule has 1 aliphatic rings. The fraction of sp³-hybridized carbons (Fsp3) is 0.312. The summed E-state index contributed by atoms with van der Waals surface area (Å²) in [5, 5.41) is 4.28. The van der Waals surface area contributed by atoms with E-state index in [1.807, 2.05) is 6.07 Å². The maximum absolute atomic E-state index is 6.21. The number of hydrogen-bond acceptors (Lipinski definition) is 2. The van der Waals surface area contributed by atoms with Crippen molar-refractivity contribution in [2.24, 2.45) is 0 Å². The maximum Gasteiger partial charge on any atom is 0.0720 e. The van der Waals surface area contributed by atoms with Gasteiger partial charge in [-0.15, -0.1) is 0 Å². The van der Waals surface area contributed by atoms with Gasteiger partial charge in [-0.3, -0.25) is 4.98 Å². The third kappa shape index (κ3) is 2.74. The fourth-order valence-electron chi connectivity index (χ4n) is 2.74. The van der Waals surface area contributed by atoms with E-state index in [4.69, 9.17) is 11.6 Å². The molecule has 3 rings (SSSR count). The molecule has 19 heavy (non-hydrogen) atoms. The van der Waals surface area contributed by atoms with E-state index < -0.39 is 0 Å². The lowest BCUT2D eigenvalue weighted by Crippen LogP contribution is -2.11. The van der Waals surface area contributed by atoms with E-state index >= 15 is 0 Å². The van der Waals surface area contributed by atoms with E-state index in [2.05, 4.69) is 34.6 Å². The van der Waals surface area contributed by atoms with Crippen LogP contribution in [0.5, 0.6) is 0 Å². The van der Waals surface area contributed by atoms with Crippen molar-refractivity contribution in [3.63, 3.8) is 0 Å². The summed E-state index contributed by atoms with van der Waals surface area (Å²) in [5.41, 5.74) is 3.78. The highest BCUT2D eigenvalue weighted by atomic mass is 35.5. The summed E-state index contributed by atoms with van der Waals surface area (Å²) in [6.07, 6.45) is 8.34. The summed E-state index contributed by atoms with van der Waals surface area (Å²) in [6.45, 7) is 0. The van der Waals surface area contributed by atoms with E-state index in [1.54, 1.807) is 12.4 Å². The van der Waals surface area contributed by atoms with Crippen LogP contribution >= 0.6 is 11.6 Å². The molecule has 1 aliphatic carbocycles. The minimum atomic E-state index is 0.334. The largest absolute Gasteiger partial charge is 0.376 e. The molecule has 1 unspecified atom stereocenters. The number of nitrogens with zero attached hydrogens (tertiary/aromatic N) is 1. The van der Waals surface area contributed by atoms with Crippen molar-refractivity contribution < 1.29 is 0 Å². The zero-order valence-electron chi connectivity index (χ0n) is 10.8. The Morgan fingerprint density at radius 2 is 2.05 bits per heavy atom. The van der Waals surface area contributed by atoms with Crippen LogP contribution in [0.15, 0.2) is 42.7 Å². The van der Waals surface area contributed by atoms with Crippen LogP contribution in [0.25, 0.3) is 0 Å². The SMILES string of the molecule is Clc1ccncc1NC1CCCCc2ccccc21. The summed E-state index contributed by atoms with van der Waals surface area (Å²) in [6, 6.07) is 10.9. The molecule has 0 aliphatic heterocycles. The molecule has 0 spiro atoms. The van der Waals surface area contributed by atoms with Crippen molar-refractivity contribution >= 4 is 17.3 Å². The van der Waals surface area contributed by atoms with E-state index in [-0.39, 0.29) is 0 Å². The van der Waals surface area contributed by atoms with E-state index in [9.17, 15) is 0 Å². The number of benzene rings is 1. The minimum Gasteiger partial charge on any atom is -0.376 e. The molecule has 2 nitrogen and oxygen atoms in total. The number of aromatic nitrogens is 1. The lowest BCUT2D eigenvalue weighted by atomic mass is 9.99. The van der Waals surface area contributed by atoms with Crippen LogP contribution in [-0.2, 0) is 6.42 Å². The lowest BCUT2D eigenvalue weighted by Gasteiger charge is -2.21. The summed E-state index contributed by atoms with van der Waals surface area (Å²) in [4.78, 5) is 4.14. The van der Waals surface area contributed by atoms with Gasteiger partial charge in [0.25, 0.3) is 0 Å². The van der Waals surface area contributed by atoms with Gasteiger partial charge < -0.3 is 5.32 Å². The van der Waals surface area contributed by atoms with Gasteiger partial charge >= 0.3 is 0 Å². The molecule has 2 aromatic rings. The first-order valence-corrected chi connectivity index (χ1v) is 7.16. The second-order valence-corrected chi connectivity index (χ2v) is 5.40. The monoisotopic (exact) mass is 272 g/mol. The highest BCUT2D eigenvalue weighted by molar-refractivity contribution is 6.33. The number of pyridine rings is 1. The summed E-state index contributed by atoms with van der Waals surface area (Å²) < 4.78 is 0. The molecular weight excluding hydrogens is 256 g/mol. The highest BCUT2D eigenvalue weighted by Crippen LogP contribution is 2.33. The Bertz CT molecular complexity index is 568. The number of aryl methyl sites for hydroxylation is 1. The van der Waals surface area contributed by atoms with Gasteiger partial charge in [0.15, 0.2) is 0 Å². The molecule has 1 heterocycles. The van der Waals surface area contributed by atoms with Crippen molar-refractivity contribution in [2.75, 3.05) is 5.32 Å². The molecule has 3 heteroatoms. The van der Waals surface area contributed by atoms with Crippen molar-refractivity contribution in [2.45, 2.75) is 31.7 Å². The first-order chi connectivity index (χ1) is 9.34.